The summed E-state index contributed by atoms with van der Waals surface area (Å²) in [4.78, 5) is 14.2. The minimum atomic E-state index is 0. The molecule has 0 spiro atoms. The van der Waals surface area contributed by atoms with E-state index in [0.717, 1.165) is 5.56 Å². The first kappa shape index (κ1) is 21.2. The van der Waals surface area contributed by atoms with Gasteiger partial charge < -0.3 is 15.0 Å². The van der Waals surface area contributed by atoms with Crippen LogP contribution in [0.25, 0.3) is 0 Å². The Hall–Kier alpha value is -0.820. The average Bonchev–Trinajstić information content (AvgIpc) is 2.84. The average molecular weight is 353 g/mol. The van der Waals surface area contributed by atoms with Gasteiger partial charge in [-0.1, -0.05) is 6.92 Å². The first-order chi connectivity index (χ1) is 9.60. The smallest absolute Gasteiger partial charge is 0.226 e. The van der Waals surface area contributed by atoms with Gasteiger partial charge in [0.1, 0.15) is 0 Å². The quantitative estimate of drug-likeness (QED) is 0.862. The Morgan fingerprint density at radius 2 is 2.27 bits per heavy atom. The van der Waals surface area contributed by atoms with Crippen LogP contribution in [0.2, 0.25) is 0 Å². The molecule has 2 heterocycles. The van der Waals surface area contributed by atoms with Crippen molar-refractivity contribution in [3.8, 4) is 0 Å². The second kappa shape index (κ2) is 10.0. The van der Waals surface area contributed by atoms with Crippen molar-refractivity contribution in [2.45, 2.75) is 26.5 Å². The molecule has 6 nitrogen and oxygen atoms in total. The van der Waals surface area contributed by atoms with Gasteiger partial charge in [-0.15, -0.1) is 24.8 Å². The molecule has 1 fully saturated rings. The van der Waals surface area contributed by atoms with E-state index in [2.05, 4.69) is 10.4 Å². The molecule has 1 aliphatic rings. The zero-order valence-corrected chi connectivity index (χ0v) is 15.0. The summed E-state index contributed by atoms with van der Waals surface area (Å²) < 4.78 is 7.62. The molecule has 0 radical (unpaired) electrons. The molecule has 0 aliphatic carbocycles. The lowest BCUT2D eigenvalue weighted by Crippen LogP contribution is -2.49. The van der Waals surface area contributed by atoms with E-state index in [1.807, 2.05) is 42.9 Å². The molecular formula is C14H26Cl2N4O2. The number of aryl methyl sites for hydroxylation is 1. The van der Waals surface area contributed by atoms with E-state index in [-0.39, 0.29) is 42.7 Å². The first-order valence-electron chi connectivity index (χ1n) is 7.14. The zero-order valence-electron chi connectivity index (χ0n) is 13.3. The molecule has 2 atom stereocenters. The van der Waals surface area contributed by atoms with Crippen molar-refractivity contribution in [1.29, 1.82) is 0 Å². The molecule has 22 heavy (non-hydrogen) atoms. The van der Waals surface area contributed by atoms with Gasteiger partial charge in [0, 0.05) is 31.7 Å². The van der Waals surface area contributed by atoms with Crippen LogP contribution in [0.15, 0.2) is 12.4 Å². The standard InChI is InChI=1S/C14H24N4O2.2ClH/c1-11-6-16-18(8-11)10-13-9-17(4-5-20-13)14(19)12(2)7-15-3;;/h6,8,12-13,15H,4-5,7,9-10H2,1-3H3;2*1H. The van der Waals surface area contributed by atoms with Crippen LogP contribution >= 0.6 is 24.8 Å². The first-order valence-corrected chi connectivity index (χ1v) is 7.14. The second-order valence-corrected chi connectivity index (χ2v) is 5.48. The summed E-state index contributed by atoms with van der Waals surface area (Å²) in [6.07, 6.45) is 3.85. The number of amides is 1. The Balaban J connectivity index is 0.00000220. The molecule has 2 unspecified atom stereocenters. The second-order valence-electron chi connectivity index (χ2n) is 5.48. The lowest BCUT2D eigenvalue weighted by atomic mass is 10.1. The van der Waals surface area contributed by atoms with Crippen LogP contribution in [0, 0.1) is 12.8 Å². The van der Waals surface area contributed by atoms with Crippen molar-refractivity contribution in [2.24, 2.45) is 5.92 Å². The maximum atomic E-state index is 12.3. The van der Waals surface area contributed by atoms with Crippen LogP contribution in [0.5, 0.6) is 0 Å². The molecule has 1 aromatic rings. The maximum absolute atomic E-state index is 12.3. The van der Waals surface area contributed by atoms with Gasteiger partial charge in [0.2, 0.25) is 5.91 Å². The van der Waals surface area contributed by atoms with Crippen LogP contribution < -0.4 is 5.32 Å². The molecule has 2 rings (SSSR count). The molecule has 0 bridgehead atoms. The molecule has 0 saturated carbocycles. The molecule has 1 aromatic heterocycles. The molecule has 8 heteroatoms. The SMILES string of the molecule is CNCC(C)C(=O)N1CCOC(Cn2cc(C)cn2)C1.Cl.Cl. The highest BCUT2D eigenvalue weighted by Crippen LogP contribution is 2.11. The predicted molar refractivity (Wildman–Crippen MR) is 90.9 cm³/mol. The monoisotopic (exact) mass is 352 g/mol. The van der Waals surface area contributed by atoms with Crippen molar-refractivity contribution in [3.63, 3.8) is 0 Å². The van der Waals surface area contributed by atoms with Gasteiger partial charge in [0.25, 0.3) is 0 Å². The number of rotatable bonds is 5. The van der Waals surface area contributed by atoms with E-state index in [9.17, 15) is 4.79 Å². The fourth-order valence-electron chi connectivity index (χ4n) is 2.51. The largest absolute Gasteiger partial charge is 0.373 e. The Morgan fingerprint density at radius 3 is 2.86 bits per heavy atom. The Bertz CT molecular complexity index is 456. The van der Waals surface area contributed by atoms with Gasteiger partial charge >= 0.3 is 0 Å². The lowest BCUT2D eigenvalue weighted by Gasteiger charge is -2.34. The van der Waals surface area contributed by atoms with Gasteiger partial charge in [0.05, 0.1) is 25.5 Å². The van der Waals surface area contributed by atoms with Crippen LogP contribution in [0.4, 0.5) is 0 Å². The summed E-state index contributed by atoms with van der Waals surface area (Å²) in [6, 6.07) is 0. The Kier molecular flexibility index (Phi) is 9.67. The summed E-state index contributed by atoms with van der Waals surface area (Å²) in [5, 5.41) is 7.32. The zero-order chi connectivity index (χ0) is 14.5. The van der Waals surface area contributed by atoms with E-state index < -0.39 is 0 Å². The van der Waals surface area contributed by atoms with E-state index in [1.165, 1.54) is 0 Å². The number of nitrogens with zero attached hydrogens (tertiary/aromatic N) is 3. The van der Waals surface area contributed by atoms with E-state index in [4.69, 9.17) is 4.74 Å². The lowest BCUT2D eigenvalue weighted by molar-refractivity contribution is -0.143. The Labute approximate surface area is 144 Å². The third kappa shape index (κ3) is 5.76. The van der Waals surface area contributed by atoms with Gasteiger partial charge in [-0.3, -0.25) is 9.48 Å². The number of nitrogens with one attached hydrogen (secondary N) is 1. The summed E-state index contributed by atoms with van der Waals surface area (Å²) in [5.41, 5.74) is 1.14. The van der Waals surface area contributed by atoms with Crippen molar-refractivity contribution in [3.05, 3.63) is 18.0 Å². The number of carbonyl (C=O) groups excluding carboxylic acids is 1. The number of morpholine rings is 1. The minimum absolute atomic E-state index is 0. The number of aromatic nitrogens is 2. The molecule has 0 aromatic carbocycles. The predicted octanol–water partition coefficient (Wildman–Crippen LogP) is 1.12. The van der Waals surface area contributed by atoms with Crippen molar-refractivity contribution >= 4 is 30.7 Å². The topological polar surface area (TPSA) is 59.4 Å². The number of hydrogen-bond donors (Lipinski definition) is 1. The number of halogens is 2. The van der Waals surface area contributed by atoms with Crippen LogP contribution in [-0.4, -0.2) is 60.0 Å². The third-order valence-corrected chi connectivity index (χ3v) is 3.54. The highest BCUT2D eigenvalue weighted by molar-refractivity contribution is 5.85. The van der Waals surface area contributed by atoms with Crippen LogP contribution in [0.1, 0.15) is 12.5 Å². The van der Waals surface area contributed by atoms with Gasteiger partial charge in [-0.25, -0.2) is 0 Å². The highest BCUT2D eigenvalue weighted by atomic mass is 35.5. The van der Waals surface area contributed by atoms with Gasteiger partial charge in [-0.2, -0.15) is 5.10 Å². The molecular weight excluding hydrogens is 327 g/mol. The molecule has 1 saturated heterocycles. The van der Waals surface area contributed by atoms with Crippen molar-refractivity contribution < 1.29 is 9.53 Å². The van der Waals surface area contributed by atoms with Crippen molar-refractivity contribution in [1.82, 2.24) is 20.0 Å². The molecule has 1 N–H and O–H groups in total. The maximum Gasteiger partial charge on any atom is 0.226 e. The highest BCUT2D eigenvalue weighted by Gasteiger charge is 2.27. The normalized spacial score (nSPS) is 19.0. The molecule has 128 valence electrons. The summed E-state index contributed by atoms with van der Waals surface area (Å²) >= 11 is 0. The summed E-state index contributed by atoms with van der Waals surface area (Å²) in [7, 11) is 1.87. The Morgan fingerprint density at radius 1 is 1.55 bits per heavy atom. The number of carbonyl (C=O) groups is 1. The van der Waals surface area contributed by atoms with Gasteiger partial charge in [0.15, 0.2) is 0 Å². The molecule has 1 aliphatic heterocycles. The number of ether oxygens (including phenoxy) is 1. The summed E-state index contributed by atoms with van der Waals surface area (Å²) in [5.74, 6) is 0.204. The molecule has 1 amide bonds. The van der Waals surface area contributed by atoms with Crippen LogP contribution in [0.3, 0.4) is 0 Å². The fraction of sp³-hybridized carbons (Fsp3) is 0.714. The third-order valence-electron chi connectivity index (χ3n) is 3.54. The van der Waals surface area contributed by atoms with Crippen LogP contribution in [-0.2, 0) is 16.1 Å². The van der Waals surface area contributed by atoms with Crippen molar-refractivity contribution in [2.75, 3.05) is 33.3 Å². The fourth-order valence-corrected chi connectivity index (χ4v) is 2.51. The van der Waals surface area contributed by atoms with E-state index >= 15 is 0 Å². The summed E-state index contributed by atoms with van der Waals surface area (Å²) in [6.45, 7) is 7.30. The van der Waals surface area contributed by atoms with Gasteiger partial charge in [-0.05, 0) is 19.5 Å². The van der Waals surface area contributed by atoms with E-state index in [0.29, 0.717) is 32.8 Å². The minimum Gasteiger partial charge on any atom is -0.373 e. The van der Waals surface area contributed by atoms with E-state index in [1.54, 1.807) is 0 Å². The number of hydrogen-bond acceptors (Lipinski definition) is 4.